The van der Waals surface area contributed by atoms with Crippen LogP contribution in [0.4, 0.5) is 0 Å². The number of benzene rings is 1. The van der Waals surface area contributed by atoms with Crippen molar-refractivity contribution in [3.8, 4) is 0 Å². The van der Waals surface area contributed by atoms with Crippen molar-refractivity contribution < 1.29 is 14.3 Å². The molecule has 134 valence electrons. The summed E-state index contributed by atoms with van der Waals surface area (Å²) < 4.78 is 11.3. The van der Waals surface area contributed by atoms with Crippen molar-refractivity contribution in [2.75, 3.05) is 26.3 Å². The molecule has 1 saturated heterocycles. The Morgan fingerprint density at radius 2 is 1.84 bits per heavy atom. The molecule has 4 nitrogen and oxygen atoms in total. The second-order valence-corrected chi connectivity index (χ2v) is 7.48. The zero-order valence-corrected chi connectivity index (χ0v) is 14.7. The first kappa shape index (κ1) is 16.8. The quantitative estimate of drug-likeness (QED) is 0.746. The van der Waals surface area contributed by atoms with E-state index in [2.05, 4.69) is 24.3 Å². The van der Waals surface area contributed by atoms with Crippen LogP contribution in [0.15, 0.2) is 42.5 Å². The number of hydrogen-bond donors (Lipinski definition) is 0. The van der Waals surface area contributed by atoms with Crippen LogP contribution in [0.1, 0.15) is 37.7 Å². The van der Waals surface area contributed by atoms with Crippen molar-refractivity contribution in [3.63, 3.8) is 0 Å². The molecule has 1 aliphatic heterocycles. The monoisotopic (exact) mass is 341 g/mol. The third-order valence-corrected chi connectivity index (χ3v) is 5.69. The van der Waals surface area contributed by atoms with Crippen LogP contribution < -0.4 is 0 Å². The molecule has 1 saturated carbocycles. The predicted molar refractivity (Wildman–Crippen MR) is 96.1 cm³/mol. The number of carbonyl (C=O) groups excluding carboxylic acids is 1. The SMILES string of the molecule is O=C(N(CC1OCCO1)C[C@@H]1CC=CCC1)C1(c2ccccc2)CC1. The number of rotatable bonds is 6. The molecule has 25 heavy (non-hydrogen) atoms. The average molecular weight is 341 g/mol. The molecule has 3 aliphatic rings. The minimum absolute atomic E-state index is 0.257. The molecule has 0 bridgehead atoms. The van der Waals surface area contributed by atoms with Crippen molar-refractivity contribution in [1.82, 2.24) is 4.90 Å². The van der Waals surface area contributed by atoms with E-state index < -0.39 is 0 Å². The molecule has 4 rings (SSSR count). The van der Waals surface area contributed by atoms with E-state index in [4.69, 9.17) is 9.47 Å². The van der Waals surface area contributed by atoms with Crippen molar-refractivity contribution in [3.05, 3.63) is 48.0 Å². The highest BCUT2D eigenvalue weighted by molar-refractivity contribution is 5.91. The molecular weight excluding hydrogens is 314 g/mol. The van der Waals surface area contributed by atoms with Crippen LogP contribution in [0, 0.1) is 5.92 Å². The maximum atomic E-state index is 13.5. The van der Waals surface area contributed by atoms with Gasteiger partial charge in [-0.3, -0.25) is 4.79 Å². The van der Waals surface area contributed by atoms with E-state index in [-0.39, 0.29) is 17.6 Å². The molecule has 1 amide bonds. The van der Waals surface area contributed by atoms with Gasteiger partial charge in [0.05, 0.1) is 25.2 Å². The molecular formula is C21H27NO3. The number of hydrogen-bond acceptors (Lipinski definition) is 3. The zero-order valence-electron chi connectivity index (χ0n) is 14.7. The largest absolute Gasteiger partial charge is 0.348 e. The first-order chi connectivity index (χ1) is 12.3. The molecule has 1 heterocycles. The van der Waals surface area contributed by atoms with E-state index in [1.807, 2.05) is 23.1 Å². The summed E-state index contributed by atoms with van der Waals surface area (Å²) in [6.45, 7) is 2.61. The summed E-state index contributed by atoms with van der Waals surface area (Å²) in [5.74, 6) is 0.800. The van der Waals surface area contributed by atoms with E-state index in [1.54, 1.807) is 0 Å². The van der Waals surface area contributed by atoms with Gasteiger partial charge in [0.15, 0.2) is 6.29 Å². The highest BCUT2D eigenvalue weighted by Crippen LogP contribution is 2.49. The van der Waals surface area contributed by atoms with Gasteiger partial charge in [-0.25, -0.2) is 0 Å². The van der Waals surface area contributed by atoms with Gasteiger partial charge in [0.2, 0.25) is 5.91 Å². The van der Waals surface area contributed by atoms with Crippen LogP contribution in [0.5, 0.6) is 0 Å². The Morgan fingerprint density at radius 1 is 1.08 bits per heavy atom. The lowest BCUT2D eigenvalue weighted by Crippen LogP contribution is -2.46. The van der Waals surface area contributed by atoms with E-state index in [0.717, 1.165) is 44.2 Å². The molecule has 4 heteroatoms. The Balaban J connectivity index is 1.51. The van der Waals surface area contributed by atoms with Gasteiger partial charge in [0.1, 0.15) is 0 Å². The van der Waals surface area contributed by atoms with Crippen molar-refractivity contribution in [1.29, 1.82) is 0 Å². The lowest BCUT2D eigenvalue weighted by atomic mass is 9.91. The van der Waals surface area contributed by atoms with Crippen LogP contribution in [-0.2, 0) is 19.7 Å². The molecule has 0 radical (unpaired) electrons. The Kier molecular flexibility index (Phi) is 4.91. The van der Waals surface area contributed by atoms with Crippen LogP contribution in [0.2, 0.25) is 0 Å². The second-order valence-electron chi connectivity index (χ2n) is 7.48. The summed E-state index contributed by atoms with van der Waals surface area (Å²) >= 11 is 0. The molecule has 0 aromatic heterocycles. The maximum absolute atomic E-state index is 13.5. The van der Waals surface area contributed by atoms with Crippen LogP contribution in [0.3, 0.4) is 0 Å². The molecule has 2 aliphatic carbocycles. The summed E-state index contributed by atoms with van der Waals surface area (Å²) in [6, 6.07) is 10.3. The Hall–Kier alpha value is -1.65. The Bertz CT molecular complexity index is 617. The zero-order chi connectivity index (χ0) is 17.1. The van der Waals surface area contributed by atoms with Crippen LogP contribution in [-0.4, -0.2) is 43.4 Å². The third kappa shape index (κ3) is 3.65. The normalized spacial score (nSPS) is 25.0. The highest BCUT2D eigenvalue weighted by Gasteiger charge is 2.53. The number of nitrogens with zero attached hydrogens (tertiary/aromatic N) is 1. The summed E-state index contributed by atoms with van der Waals surface area (Å²) in [5.41, 5.74) is 0.839. The predicted octanol–water partition coefficient (Wildman–Crippen LogP) is 3.28. The minimum atomic E-state index is -0.315. The Morgan fingerprint density at radius 3 is 2.48 bits per heavy atom. The van der Waals surface area contributed by atoms with Gasteiger partial charge >= 0.3 is 0 Å². The smallest absolute Gasteiger partial charge is 0.233 e. The van der Waals surface area contributed by atoms with Gasteiger partial charge in [0, 0.05) is 6.54 Å². The number of ether oxygens (including phenoxy) is 2. The number of carbonyl (C=O) groups is 1. The van der Waals surface area contributed by atoms with Gasteiger partial charge < -0.3 is 14.4 Å². The summed E-state index contributed by atoms with van der Waals surface area (Å²) in [6.07, 6.45) is 9.47. The lowest BCUT2D eigenvalue weighted by molar-refractivity contribution is -0.141. The first-order valence-corrected chi connectivity index (χ1v) is 9.51. The topological polar surface area (TPSA) is 38.8 Å². The maximum Gasteiger partial charge on any atom is 0.233 e. The summed E-state index contributed by atoms with van der Waals surface area (Å²) in [4.78, 5) is 15.5. The number of amides is 1. The second kappa shape index (κ2) is 7.30. The van der Waals surface area contributed by atoms with Gasteiger partial charge in [0.25, 0.3) is 0 Å². The fourth-order valence-corrected chi connectivity index (χ4v) is 4.08. The van der Waals surface area contributed by atoms with E-state index in [1.165, 1.54) is 0 Å². The standard InChI is InChI=1S/C21H27NO3/c23-20(21(11-12-21)18-9-5-2-6-10-18)22(16-19-24-13-14-25-19)15-17-7-3-1-4-8-17/h1-3,5-6,9-10,17,19H,4,7-8,11-16H2/t17-/m1/s1. The molecule has 0 N–H and O–H groups in total. The van der Waals surface area contributed by atoms with Gasteiger partial charge in [-0.1, -0.05) is 42.5 Å². The van der Waals surface area contributed by atoms with E-state index in [0.29, 0.717) is 25.7 Å². The fourth-order valence-electron chi connectivity index (χ4n) is 4.08. The van der Waals surface area contributed by atoms with Crippen molar-refractivity contribution >= 4 is 5.91 Å². The lowest BCUT2D eigenvalue weighted by Gasteiger charge is -2.33. The number of allylic oxidation sites excluding steroid dienone is 2. The third-order valence-electron chi connectivity index (χ3n) is 5.69. The summed E-state index contributed by atoms with van der Waals surface area (Å²) in [7, 11) is 0. The van der Waals surface area contributed by atoms with Gasteiger partial charge in [-0.05, 0) is 43.6 Å². The van der Waals surface area contributed by atoms with Crippen LogP contribution >= 0.6 is 0 Å². The molecule has 1 aromatic rings. The molecule has 0 spiro atoms. The molecule has 0 unspecified atom stereocenters. The van der Waals surface area contributed by atoms with Crippen molar-refractivity contribution in [2.45, 2.75) is 43.8 Å². The molecule has 1 atom stereocenters. The van der Waals surface area contributed by atoms with Gasteiger partial charge in [-0.2, -0.15) is 0 Å². The molecule has 1 aromatic carbocycles. The summed E-state index contributed by atoms with van der Waals surface area (Å²) in [5, 5.41) is 0. The average Bonchev–Trinajstić information content (AvgIpc) is 3.32. The van der Waals surface area contributed by atoms with Crippen molar-refractivity contribution in [2.24, 2.45) is 5.92 Å². The Labute approximate surface area is 149 Å². The molecule has 2 fully saturated rings. The van der Waals surface area contributed by atoms with Gasteiger partial charge in [-0.15, -0.1) is 0 Å². The first-order valence-electron chi connectivity index (χ1n) is 9.51. The fraction of sp³-hybridized carbons (Fsp3) is 0.571. The van der Waals surface area contributed by atoms with E-state index >= 15 is 0 Å². The highest BCUT2D eigenvalue weighted by atomic mass is 16.7. The van der Waals surface area contributed by atoms with Crippen LogP contribution in [0.25, 0.3) is 0 Å². The minimum Gasteiger partial charge on any atom is -0.348 e. The van der Waals surface area contributed by atoms with E-state index in [9.17, 15) is 4.79 Å².